The Labute approximate surface area is 109 Å². The van der Waals surface area contributed by atoms with Crippen molar-refractivity contribution in [3.8, 4) is 21.9 Å². The molecule has 92 valence electrons. The van der Waals surface area contributed by atoms with Crippen LogP contribution in [0.3, 0.4) is 0 Å². The van der Waals surface area contributed by atoms with Gasteiger partial charge in [-0.25, -0.2) is 0 Å². The zero-order valence-electron chi connectivity index (χ0n) is 9.99. The molecule has 0 radical (unpaired) electrons. The third kappa shape index (κ3) is 1.69. The van der Waals surface area contributed by atoms with E-state index < -0.39 is 0 Å². The molecule has 0 amide bonds. The Morgan fingerprint density at radius 2 is 2.28 bits per heavy atom. The van der Waals surface area contributed by atoms with Crippen LogP contribution in [0.15, 0.2) is 23.6 Å². The number of ether oxygens (including phenoxy) is 1. The molecule has 2 heterocycles. The van der Waals surface area contributed by atoms with Crippen molar-refractivity contribution in [3.05, 3.63) is 34.7 Å². The van der Waals surface area contributed by atoms with E-state index in [0.717, 1.165) is 29.2 Å². The highest BCUT2D eigenvalue weighted by Crippen LogP contribution is 2.40. The molecular weight excluding hydrogens is 246 g/mol. The number of hydrogen-bond donors (Lipinski definition) is 2. The fraction of sp³-hybridized carbons (Fsp3) is 0.214. The highest BCUT2D eigenvalue weighted by Gasteiger charge is 2.17. The van der Waals surface area contributed by atoms with Crippen LogP contribution in [-0.2, 0) is 6.42 Å². The summed E-state index contributed by atoms with van der Waals surface area (Å²) in [7, 11) is 0. The molecule has 2 N–H and O–H groups in total. The molecular formula is C14H13NO2S. The fourth-order valence-electron chi connectivity index (χ4n) is 2.15. The summed E-state index contributed by atoms with van der Waals surface area (Å²) in [5, 5.41) is 19.6. The van der Waals surface area contributed by atoms with Gasteiger partial charge in [0, 0.05) is 23.1 Å². The molecule has 0 atom stereocenters. The fourth-order valence-corrected chi connectivity index (χ4v) is 3.16. The zero-order valence-corrected chi connectivity index (χ0v) is 10.8. The average Bonchev–Trinajstić information content (AvgIpc) is 2.93. The first-order valence-corrected chi connectivity index (χ1v) is 6.67. The van der Waals surface area contributed by atoms with Gasteiger partial charge in [0.1, 0.15) is 11.5 Å². The van der Waals surface area contributed by atoms with Crippen molar-refractivity contribution in [1.82, 2.24) is 0 Å². The highest BCUT2D eigenvalue weighted by molar-refractivity contribution is 7.14. The van der Waals surface area contributed by atoms with E-state index in [0.29, 0.717) is 11.3 Å². The first-order valence-electron chi connectivity index (χ1n) is 5.79. The van der Waals surface area contributed by atoms with Gasteiger partial charge in [0.25, 0.3) is 0 Å². The zero-order chi connectivity index (χ0) is 12.7. The third-order valence-corrected chi connectivity index (χ3v) is 4.14. The van der Waals surface area contributed by atoms with E-state index in [9.17, 15) is 5.11 Å². The van der Waals surface area contributed by atoms with Crippen LogP contribution in [0.1, 0.15) is 18.1 Å². The highest BCUT2D eigenvalue weighted by atomic mass is 32.1. The van der Waals surface area contributed by atoms with Gasteiger partial charge < -0.3 is 15.3 Å². The lowest BCUT2D eigenvalue weighted by Crippen LogP contribution is -1.88. The molecule has 1 aliphatic rings. The predicted molar refractivity (Wildman–Crippen MR) is 73.1 cm³/mol. The Balaban J connectivity index is 2.07. The lowest BCUT2D eigenvalue weighted by atomic mass is 10.1. The lowest BCUT2D eigenvalue weighted by Gasteiger charge is -2.03. The molecule has 0 bridgehead atoms. The molecule has 3 nitrogen and oxygen atoms in total. The molecule has 18 heavy (non-hydrogen) atoms. The van der Waals surface area contributed by atoms with Crippen molar-refractivity contribution >= 4 is 17.0 Å². The van der Waals surface area contributed by atoms with Crippen LogP contribution in [0.25, 0.3) is 10.4 Å². The van der Waals surface area contributed by atoms with Crippen molar-refractivity contribution in [3.63, 3.8) is 0 Å². The second-order valence-corrected chi connectivity index (χ2v) is 5.25. The Kier molecular flexibility index (Phi) is 2.59. The number of thiophene rings is 1. The average molecular weight is 259 g/mol. The Morgan fingerprint density at radius 3 is 3.00 bits per heavy atom. The van der Waals surface area contributed by atoms with Crippen molar-refractivity contribution in [1.29, 1.82) is 5.41 Å². The van der Waals surface area contributed by atoms with E-state index in [1.165, 1.54) is 16.9 Å². The molecule has 0 unspecified atom stereocenters. The summed E-state index contributed by atoms with van der Waals surface area (Å²) in [6.07, 6.45) is 0.922. The Hall–Kier alpha value is -1.81. The van der Waals surface area contributed by atoms with E-state index in [1.54, 1.807) is 6.92 Å². The topological polar surface area (TPSA) is 53.3 Å². The summed E-state index contributed by atoms with van der Waals surface area (Å²) >= 11 is 1.47. The summed E-state index contributed by atoms with van der Waals surface area (Å²) in [5.41, 5.74) is 3.19. The van der Waals surface area contributed by atoms with Gasteiger partial charge in [-0.1, -0.05) is 0 Å². The number of fused-ring (bicyclic) bond motifs is 1. The van der Waals surface area contributed by atoms with Crippen LogP contribution in [0, 0.1) is 5.41 Å². The number of rotatable bonds is 2. The normalized spacial score (nSPS) is 13.2. The summed E-state index contributed by atoms with van der Waals surface area (Å²) in [4.78, 5) is 0.825. The van der Waals surface area contributed by atoms with Gasteiger partial charge in [0.15, 0.2) is 0 Å². The molecule has 3 rings (SSSR count). The van der Waals surface area contributed by atoms with E-state index in [1.807, 2.05) is 17.5 Å². The van der Waals surface area contributed by atoms with Crippen molar-refractivity contribution in [2.75, 3.05) is 6.61 Å². The first kappa shape index (κ1) is 11.3. The maximum atomic E-state index is 10.1. The van der Waals surface area contributed by atoms with Gasteiger partial charge in [-0.2, -0.15) is 0 Å². The molecule has 1 aromatic heterocycles. The van der Waals surface area contributed by atoms with Gasteiger partial charge in [0.2, 0.25) is 0 Å². The van der Waals surface area contributed by atoms with Gasteiger partial charge >= 0.3 is 0 Å². The molecule has 4 heteroatoms. The predicted octanol–water partition coefficient (Wildman–Crippen LogP) is 3.44. The number of aromatic hydroxyl groups is 1. The number of benzene rings is 1. The first-order chi connectivity index (χ1) is 8.66. The van der Waals surface area contributed by atoms with Crippen molar-refractivity contribution < 1.29 is 9.84 Å². The second kappa shape index (κ2) is 4.14. The quantitative estimate of drug-likeness (QED) is 0.812. The van der Waals surface area contributed by atoms with E-state index in [2.05, 4.69) is 6.07 Å². The number of nitrogens with one attached hydrogen (secondary N) is 1. The monoisotopic (exact) mass is 259 g/mol. The SMILES string of the molecule is CC(=N)c1csc(-c2ccc3c(c2)CCO3)c1O. The summed E-state index contributed by atoms with van der Waals surface area (Å²) < 4.78 is 5.47. The molecule has 0 spiro atoms. The number of hydrogen-bond acceptors (Lipinski definition) is 4. The molecule has 1 aliphatic heterocycles. The van der Waals surface area contributed by atoms with Crippen LogP contribution in [0.5, 0.6) is 11.5 Å². The van der Waals surface area contributed by atoms with E-state index >= 15 is 0 Å². The van der Waals surface area contributed by atoms with Gasteiger partial charge in [-0.3, -0.25) is 0 Å². The van der Waals surface area contributed by atoms with Gasteiger partial charge in [-0.05, 0) is 36.2 Å². The van der Waals surface area contributed by atoms with Crippen LogP contribution < -0.4 is 4.74 Å². The molecule has 0 saturated carbocycles. The van der Waals surface area contributed by atoms with Crippen LogP contribution in [-0.4, -0.2) is 17.4 Å². The minimum Gasteiger partial charge on any atom is -0.506 e. The molecule has 0 aliphatic carbocycles. The molecule has 0 fully saturated rings. The molecule has 2 aromatic rings. The largest absolute Gasteiger partial charge is 0.506 e. The van der Waals surface area contributed by atoms with Crippen molar-refractivity contribution in [2.24, 2.45) is 0 Å². The van der Waals surface area contributed by atoms with Crippen LogP contribution in [0.2, 0.25) is 0 Å². The van der Waals surface area contributed by atoms with E-state index in [-0.39, 0.29) is 5.75 Å². The van der Waals surface area contributed by atoms with Crippen LogP contribution >= 0.6 is 11.3 Å². The van der Waals surface area contributed by atoms with Gasteiger partial charge in [0.05, 0.1) is 11.5 Å². The maximum Gasteiger partial charge on any atom is 0.143 e. The maximum absolute atomic E-state index is 10.1. The Morgan fingerprint density at radius 1 is 1.44 bits per heavy atom. The smallest absolute Gasteiger partial charge is 0.143 e. The van der Waals surface area contributed by atoms with Gasteiger partial charge in [-0.15, -0.1) is 11.3 Å². The summed E-state index contributed by atoms with van der Waals surface area (Å²) in [5.74, 6) is 1.16. The molecule has 1 aromatic carbocycles. The molecule has 0 saturated heterocycles. The van der Waals surface area contributed by atoms with E-state index in [4.69, 9.17) is 10.1 Å². The van der Waals surface area contributed by atoms with Crippen LogP contribution in [0.4, 0.5) is 0 Å². The lowest BCUT2D eigenvalue weighted by molar-refractivity contribution is 0.357. The van der Waals surface area contributed by atoms with Crippen molar-refractivity contribution in [2.45, 2.75) is 13.3 Å². The minimum absolute atomic E-state index is 0.214. The summed E-state index contributed by atoms with van der Waals surface area (Å²) in [6, 6.07) is 5.98. The third-order valence-electron chi connectivity index (χ3n) is 3.12. The summed E-state index contributed by atoms with van der Waals surface area (Å²) in [6.45, 7) is 2.42. The second-order valence-electron chi connectivity index (χ2n) is 4.37. The standard InChI is InChI=1S/C14H13NO2S/c1-8(15)11-7-18-14(13(11)16)10-2-3-12-9(6-10)4-5-17-12/h2-3,6-7,15-16H,4-5H2,1H3. The minimum atomic E-state index is 0.214. The Bertz CT molecular complexity index is 631.